The number of methoxy groups -OCH3 is 2. The summed E-state index contributed by atoms with van der Waals surface area (Å²) >= 11 is 6.45. The summed E-state index contributed by atoms with van der Waals surface area (Å²) in [6, 6.07) is 10.8. The lowest BCUT2D eigenvalue weighted by Crippen LogP contribution is -2.49. The van der Waals surface area contributed by atoms with Crippen molar-refractivity contribution in [3.8, 4) is 5.75 Å². The molecule has 2 bridgehead atoms. The second-order valence-electron chi connectivity index (χ2n) is 14.7. The van der Waals surface area contributed by atoms with Gasteiger partial charge in [-0.2, -0.15) is 0 Å². The Bertz CT molecular complexity index is 1760. The number of nitrogens with one attached hydrogen (secondary N) is 2. The van der Waals surface area contributed by atoms with Crippen LogP contribution in [0, 0.1) is 17.8 Å². The number of allylic oxidation sites excluding steroid dienone is 1. The largest absolute Gasteiger partial charge is 0.490 e. The van der Waals surface area contributed by atoms with Gasteiger partial charge in [0.2, 0.25) is 0 Å². The van der Waals surface area contributed by atoms with Gasteiger partial charge in [0.15, 0.2) is 0 Å². The Morgan fingerprint density at radius 1 is 1.16 bits per heavy atom. The molecule has 2 aromatic rings. The second kappa shape index (κ2) is 13.9. The molecule has 7 rings (SSSR count). The van der Waals surface area contributed by atoms with Crippen molar-refractivity contribution in [3.05, 3.63) is 70.3 Å². The van der Waals surface area contributed by atoms with Crippen LogP contribution in [0.25, 0.3) is 0 Å². The maximum absolute atomic E-state index is 14.3. The number of ether oxygens (including phenoxy) is 3. The van der Waals surface area contributed by atoms with E-state index in [1.165, 1.54) is 11.1 Å². The van der Waals surface area contributed by atoms with Gasteiger partial charge in [-0.1, -0.05) is 36.7 Å². The molecule has 3 amide bonds. The Kier molecular flexibility index (Phi) is 9.73. The normalized spacial score (nSPS) is 34.6. The summed E-state index contributed by atoms with van der Waals surface area (Å²) in [6.45, 7) is 3.97. The van der Waals surface area contributed by atoms with E-state index < -0.39 is 21.9 Å². The lowest BCUT2D eigenvalue weighted by molar-refractivity contribution is 0.0131. The number of nitrogens with zero attached hydrogens (tertiary/aromatic N) is 2. The molecule has 8 atom stereocenters. The van der Waals surface area contributed by atoms with Crippen molar-refractivity contribution in [3.63, 3.8) is 0 Å². The van der Waals surface area contributed by atoms with Gasteiger partial charge in [0.05, 0.1) is 36.3 Å². The van der Waals surface area contributed by atoms with E-state index in [9.17, 15) is 13.8 Å². The predicted molar refractivity (Wildman–Crippen MR) is 191 cm³/mol. The molecular weight excluding hydrogens is 664 g/mol. The molecule has 5 aliphatic rings. The molecular formula is C37H47ClN4O6S. The van der Waals surface area contributed by atoms with Crippen molar-refractivity contribution in [2.24, 2.45) is 22.1 Å². The number of carbonyl (C=O) groups is 2. The highest BCUT2D eigenvalue weighted by atomic mass is 35.5. The summed E-state index contributed by atoms with van der Waals surface area (Å²) in [5.41, 5.74) is 3.42. The molecule has 2 aliphatic heterocycles. The Balaban J connectivity index is 1.27. The number of rotatable bonds is 4. The molecule has 2 N–H and O–H groups in total. The highest BCUT2D eigenvalue weighted by Gasteiger charge is 2.44. The highest BCUT2D eigenvalue weighted by molar-refractivity contribution is 7.92. The topological polar surface area (TPSA) is 119 Å². The van der Waals surface area contributed by atoms with Crippen LogP contribution in [0.4, 0.5) is 10.5 Å². The summed E-state index contributed by atoms with van der Waals surface area (Å²) < 4.78 is 39.1. The molecule has 3 aliphatic carbocycles. The maximum atomic E-state index is 14.3. The Morgan fingerprint density at radius 3 is 2.78 bits per heavy atom. The number of benzene rings is 2. The number of anilines is 1. The van der Waals surface area contributed by atoms with Crippen LogP contribution in [0.5, 0.6) is 5.75 Å². The van der Waals surface area contributed by atoms with Crippen molar-refractivity contribution < 1.29 is 28.0 Å². The molecule has 0 radical (unpaired) electrons. The molecule has 0 aromatic heterocycles. The first-order chi connectivity index (χ1) is 23.6. The minimum absolute atomic E-state index is 0.0185. The molecule has 2 saturated carbocycles. The molecule has 12 heteroatoms. The fourth-order valence-electron chi connectivity index (χ4n) is 8.29. The first-order valence-corrected chi connectivity index (χ1v) is 19.6. The molecule has 0 saturated heterocycles. The lowest BCUT2D eigenvalue weighted by atomic mass is 9.68. The number of fused-ring (bicyclic) bond motifs is 4. The van der Waals surface area contributed by atoms with Crippen LogP contribution >= 0.6 is 11.6 Å². The van der Waals surface area contributed by atoms with Gasteiger partial charge in [-0.25, -0.2) is 9.00 Å². The molecule has 49 heavy (non-hydrogen) atoms. The number of hydrogen-bond donors (Lipinski definition) is 2. The lowest BCUT2D eigenvalue weighted by Gasteiger charge is -2.46. The SMILES string of the molecule is CO[C@H]1/C=C/C[C@H](C)CS(=O)(NC(=O)N[C@@H]2C[C@@H]2OC)=NC(=O)c2ccc3c(c2)N(C[C@@H]2CC[C@H]21)C[C@@]1(CCCc2cc(Cl)ccc21)CO3. The van der Waals surface area contributed by atoms with Crippen LogP contribution in [0.15, 0.2) is 52.9 Å². The van der Waals surface area contributed by atoms with Gasteiger partial charge in [-0.05, 0) is 104 Å². The zero-order valence-corrected chi connectivity index (χ0v) is 30.1. The molecule has 1 spiro atoms. The van der Waals surface area contributed by atoms with Crippen LogP contribution < -0.4 is 19.7 Å². The van der Waals surface area contributed by atoms with Gasteiger partial charge in [0.1, 0.15) is 15.7 Å². The fourth-order valence-corrected chi connectivity index (χ4v) is 10.3. The number of aryl methyl sites for hydroxylation is 1. The van der Waals surface area contributed by atoms with Gasteiger partial charge >= 0.3 is 6.03 Å². The average Bonchev–Trinajstić information content (AvgIpc) is 3.83. The van der Waals surface area contributed by atoms with Crippen molar-refractivity contribution in [1.82, 2.24) is 10.0 Å². The predicted octanol–water partition coefficient (Wildman–Crippen LogP) is 6.06. The zero-order chi connectivity index (χ0) is 34.3. The highest BCUT2D eigenvalue weighted by Crippen LogP contribution is 2.47. The third-order valence-electron chi connectivity index (χ3n) is 11.1. The number of urea groups is 1. The van der Waals surface area contributed by atoms with E-state index in [2.05, 4.69) is 43.6 Å². The van der Waals surface area contributed by atoms with Crippen LogP contribution in [-0.4, -0.2) is 74.1 Å². The Hall–Kier alpha value is -3.12. The monoisotopic (exact) mass is 710 g/mol. The van der Waals surface area contributed by atoms with Crippen molar-refractivity contribution in [2.45, 2.75) is 75.5 Å². The quantitative estimate of drug-likeness (QED) is 0.371. The molecule has 2 aromatic carbocycles. The smallest absolute Gasteiger partial charge is 0.327 e. The summed E-state index contributed by atoms with van der Waals surface area (Å²) in [5.74, 6) is 0.700. The third kappa shape index (κ3) is 7.22. The van der Waals surface area contributed by atoms with Crippen molar-refractivity contribution in [2.75, 3.05) is 44.6 Å². The van der Waals surface area contributed by atoms with Gasteiger partial charge in [0, 0.05) is 43.3 Å². The summed E-state index contributed by atoms with van der Waals surface area (Å²) in [5, 5.41) is 3.54. The van der Waals surface area contributed by atoms with Crippen LogP contribution in [0.2, 0.25) is 5.02 Å². The maximum Gasteiger partial charge on any atom is 0.327 e. The number of halogens is 1. The third-order valence-corrected chi connectivity index (χ3v) is 13.3. The average molecular weight is 711 g/mol. The fraction of sp³-hybridized carbons (Fsp3) is 0.568. The molecule has 2 fully saturated rings. The standard InChI is InChI=1S/C37H47ClN4O6S/c1-23-6-4-8-32(46-2)28-12-9-26(28)19-42-21-37(15-5-7-24-16-27(38)11-13-29(24)37)22-48-33-14-10-25(17-31(33)42)35(43)40-49(45,20-23)41-36(44)39-30-18-34(30)47-3/h4,8,10-11,13-14,16-17,23,26,28,30,32,34H,5-7,9,12,15,18-22H2,1-3H3,(H2,39,40,41,43,44,45)/b8-4+/t23-,26-,28+,30+,32-,34-,37-,49?/m0/s1. The number of carbonyl (C=O) groups excluding carboxylic acids is 2. The van der Waals surface area contributed by atoms with E-state index in [1.54, 1.807) is 20.3 Å². The van der Waals surface area contributed by atoms with E-state index in [1.807, 2.05) is 25.1 Å². The van der Waals surface area contributed by atoms with E-state index in [0.717, 1.165) is 55.9 Å². The molecule has 10 nitrogen and oxygen atoms in total. The molecule has 2 heterocycles. The second-order valence-corrected chi connectivity index (χ2v) is 17.1. The van der Waals surface area contributed by atoms with E-state index >= 15 is 0 Å². The Labute approximate surface area is 294 Å². The van der Waals surface area contributed by atoms with E-state index in [0.29, 0.717) is 42.6 Å². The number of amides is 3. The molecule has 1 unspecified atom stereocenters. The van der Waals surface area contributed by atoms with Crippen LogP contribution in [0.1, 0.15) is 66.9 Å². The van der Waals surface area contributed by atoms with Gasteiger partial charge in [0.25, 0.3) is 5.91 Å². The summed E-state index contributed by atoms with van der Waals surface area (Å²) in [6.07, 6.45) is 10.5. The van der Waals surface area contributed by atoms with Crippen molar-refractivity contribution in [1.29, 1.82) is 0 Å². The van der Waals surface area contributed by atoms with Crippen molar-refractivity contribution >= 4 is 39.1 Å². The minimum atomic E-state index is -3.48. The zero-order valence-electron chi connectivity index (χ0n) is 28.5. The van der Waals surface area contributed by atoms with Gasteiger partial charge < -0.3 is 24.4 Å². The van der Waals surface area contributed by atoms with Crippen LogP contribution in [-0.2, 0) is 31.2 Å². The van der Waals surface area contributed by atoms with Gasteiger partial charge in [-0.15, -0.1) is 4.36 Å². The first-order valence-electron chi connectivity index (χ1n) is 17.5. The Morgan fingerprint density at radius 2 is 2.02 bits per heavy atom. The first kappa shape index (κ1) is 34.3. The van der Waals surface area contributed by atoms with E-state index in [4.69, 9.17) is 25.8 Å². The minimum Gasteiger partial charge on any atom is -0.490 e. The number of hydrogen-bond acceptors (Lipinski definition) is 7. The van der Waals surface area contributed by atoms with Crippen LogP contribution in [0.3, 0.4) is 0 Å². The van der Waals surface area contributed by atoms with E-state index in [-0.39, 0.29) is 35.3 Å². The molecule has 264 valence electrons. The summed E-state index contributed by atoms with van der Waals surface area (Å²) in [4.78, 5) is 29.2. The summed E-state index contributed by atoms with van der Waals surface area (Å²) in [7, 11) is -0.129. The van der Waals surface area contributed by atoms with Gasteiger partial charge in [-0.3, -0.25) is 9.52 Å².